The molecule has 0 radical (unpaired) electrons. The van der Waals surface area contributed by atoms with E-state index in [1.54, 1.807) is 90.1 Å². The van der Waals surface area contributed by atoms with E-state index in [9.17, 15) is 34.2 Å². The van der Waals surface area contributed by atoms with Crippen LogP contribution in [0.5, 0.6) is 0 Å². The van der Waals surface area contributed by atoms with Crippen molar-refractivity contribution in [3.8, 4) is 0 Å². The molecule has 1 heterocycles. The van der Waals surface area contributed by atoms with Crippen LogP contribution in [0.25, 0.3) is 0 Å². The zero-order valence-electron chi connectivity index (χ0n) is 36.3. The van der Waals surface area contributed by atoms with Gasteiger partial charge < -0.3 is 44.0 Å². The van der Waals surface area contributed by atoms with E-state index in [1.807, 2.05) is 0 Å². The number of ketones is 1. The number of hydrogen-bond donors (Lipinski definition) is 3. The summed E-state index contributed by atoms with van der Waals surface area (Å²) in [6.07, 6.45) is -9.64. The summed E-state index contributed by atoms with van der Waals surface area (Å²) in [6.45, 7) is 14.7. The molecular formula is C46H57NO14. The van der Waals surface area contributed by atoms with E-state index in [0.717, 1.165) is 6.92 Å². The SMILES string of the molecule is CC(=O)N[C@@H](c1ccccc1)[C@@H](OC(C)(C)C)C(=O)O[C@H]1C[C@@]2(O)[C@@H](OC(=O)c3ccccc3)C3[C@](C)(C(=O)[C@H](OC(C)=O)C(=C1C)C2(C)C)[C@@H](O)C[C@H]1OC[C@@]31OC(C)=O. The van der Waals surface area contributed by atoms with Gasteiger partial charge in [-0.05, 0) is 63.5 Å². The third kappa shape index (κ3) is 8.01. The highest BCUT2D eigenvalue weighted by Crippen LogP contribution is 2.64. The lowest BCUT2D eigenvalue weighted by Crippen LogP contribution is -2.82. The van der Waals surface area contributed by atoms with Gasteiger partial charge in [0.25, 0.3) is 0 Å². The number of esters is 4. The Hall–Kier alpha value is -4.96. The predicted molar refractivity (Wildman–Crippen MR) is 216 cm³/mol. The first-order valence-electron chi connectivity index (χ1n) is 20.5. The van der Waals surface area contributed by atoms with Crippen molar-refractivity contribution in [2.45, 2.75) is 142 Å². The number of aliphatic hydroxyl groups excluding tert-OH is 1. The van der Waals surface area contributed by atoms with Gasteiger partial charge in [0, 0.05) is 39.0 Å². The summed E-state index contributed by atoms with van der Waals surface area (Å²) in [5, 5.41) is 28.7. The van der Waals surface area contributed by atoms with Crippen molar-refractivity contribution in [3.05, 3.63) is 82.9 Å². The second-order valence-corrected chi connectivity index (χ2v) is 18.4. The van der Waals surface area contributed by atoms with E-state index in [0.29, 0.717) is 5.56 Å². The molecule has 11 atom stereocenters. The van der Waals surface area contributed by atoms with Gasteiger partial charge in [-0.1, -0.05) is 62.4 Å². The molecule has 1 unspecified atom stereocenters. The van der Waals surface area contributed by atoms with Crippen LogP contribution in [0.15, 0.2) is 71.8 Å². The highest BCUT2D eigenvalue weighted by atomic mass is 16.6. The van der Waals surface area contributed by atoms with E-state index in [4.69, 9.17) is 28.4 Å². The lowest BCUT2D eigenvalue weighted by Gasteiger charge is -2.67. The fourth-order valence-electron chi connectivity index (χ4n) is 10.1. The highest BCUT2D eigenvalue weighted by molar-refractivity contribution is 5.95. The maximum Gasteiger partial charge on any atom is 0.338 e. The molecule has 0 spiro atoms. The van der Waals surface area contributed by atoms with Gasteiger partial charge >= 0.3 is 23.9 Å². The Kier molecular flexibility index (Phi) is 12.2. The van der Waals surface area contributed by atoms with Crippen molar-refractivity contribution in [2.24, 2.45) is 16.7 Å². The van der Waals surface area contributed by atoms with E-state index in [2.05, 4.69) is 5.32 Å². The Morgan fingerprint density at radius 3 is 2.02 bits per heavy atom. The largest absolute Gasteiger partial charge is 0.456 e. The number of carbonyl (C=O) groups excluding carboxylic acids is 6. The van der Waals surface area contributed by atoms with Gasteiger partial charge in [-0.2, -0.15) is 0 Å². The summed E-state index contributed by atoms with van der Waals surface area (Å²) < 4.78 is 37.0. The quantitative estimate of drug-likeness (QED) is 0.173. The number of aliphatic hydroxyl groups is 2. The van der Waals surface area contributed by atoms with Gasteiger partial charge in [-0.25, -0.2) is 9.59 Å². The molecule has 1 amide bonds. The first kappa shape index (κ1) is 45.6. The molecular weight excluding hydrogens is 790 g/mol. The van der Waals surface area contributed by atoms with Crippen LogP contribution >= 0.6 is 0 Å². The number of carbonyl (C=O) groups is 6. The van der Waals surface area contributed by atoms with Crippen LogP contribution in [-0.2, 0) is 52.4 Å². The summed E-state index contributed by atoms with van der Waals surface area (Å²) in [5.74, 6) is -6.28. The van der Waals surface area contributed by atoms with Crippen LogP contribution in [0.2, 0.25) is 0 Å². The summed E-state index contributed by atoms with van der Waals surface area (Å²) in [6, 6.07) is 15.6. The Morgan fingerprint density at radius 1 is 0.885 bits per heavy atom. The molecule has 1 saturated heterocycles. The molecule has 15 heteroatoms. The maximum atomic E-state index is 15.5. The average Bonchev–Trinajstić information content (AvgIpc) is 3.17. The van der Waals surface area contributed by atoms with Crippen LogP contribution in [0.1, 0.15) is 104 Å². The van der Waals surface area contributed by atoms with Gasteiger partial charge in [0.1, 0.15) is 23.9 Å². The molecule has 3 fully saturated rings. The monoisotopic (exact) mass is 847 g/mol. The first-order chi connectivity index (χ1) is 28.4. The highest BCUT2D eigenvalue weighted by Gasteiger charge is 2.78. The molecule has 2 saturated carbocycles. The predicted octanol–water partition coefficient (Wildman–Crippen LogP) is 4.26. The van der Waals surface area contributed by atoms with Gasteiger partial charge in [0.15, 0.2) is 23.6 Å². The molecule has 0 aromatic heterocycles. The minimum Gasteiger partial charge on any atom is -0.456 e. The second kappa shape index (κ2) is 16.4. The van der Waals surface area contributed by atoms with Crippen LogP contribution < -0.4 is 5.32 Å². The molecule has 1 aliphatic heterocycles. The molecule has 4 aliphatic rings. The molecule has 15 nitrogen and oxygen atoms in total. The van der Waals surface area contributed by atoms with Crippen molar-refractivity contribution in [3.63, 3.8) is 0 Å². The fraction of sp³-hybridized carbons (Fsp3) is 0.565. The third-order valence-electron chi connectivity index (χ3n) is 13.0. The fourth-order valence-corrected chi connectivity index (χ4v) is 10.1. The molecule has 61 heavy (non-hydrogen) atoms. The minimum absolute atomic E-state index is 0.0511. The van der Waals surface area contributed by atoms with Crippen molar-refractivity contribution < 1.29 is 67.4 Å². The van der Waals surface area contributed by atoms with Gasteiger partial charge in [-0.3, -0.25) is 19.2 Å². The zero-order chi connectivity index (χ0) is 45.0. The van der Waals surface area contributed by atoms with Crippen LogP contribution in [0.4, 0.5) is 0 Å². The number of rotatable bonds is 10. The molecule has 2 aromatic rings. The first-order valence-corrected chi connectivity index (χ1v) is 20.5. The van der Waals surface area contributed by atoms with Gasteiger partial charge in [-0.15, -0.1) is 0 Å². The number of fused-ring (bicyclic) bond motifs is 5. The smallest absolute Gasteiger partial charge is 0.338 e. The molecule has 3 aliphatic carbocycles. The number of Topliss-reactive ketones (excluding diaryl/α,β-unsaturated/α-hetero) is 1. The molecule has 6 rings (SSSR count). The number of nitrogens with one attached hydrogen (secondary N) is 1. The van der Waals surface area contributed by atoms with Crippen molar-refractivity contribution in [1.82, 2.24) is 5.32 Å². The lowest BCUT2D eigenvalue weighted by atomic mass is 9.44. The van der Waals surface area contributed by atoms with E-state index >= 15 is 4.79 Å². The molecule has 330 valence electrons. The molecule has 2 aromatic carbocycles. The van der Waals surface area contributed by atoms with Crippen LogP contribution in [0, 0.1) is 16.7 Å². The number of hydrogen-bond acceptors (Lipinski definition) is 14. The van der Waals surface area contributed by atoms with Crippen molar-refractivity contribution in [1.29, 1.82) is 0 Å². The Balaban J connectivity index is 1.60. The number of benzene rings is 2. The Labute approximate surface area is 355 Å². The molecule has 2 bridgehead atoms. The van der Waals surface area contributed by atoms with Crippen LogP contribution in [0.3, 0.4) is 0 Å². The third-order valence-corrected chi connectivity index (χ3v) is 13.0. The van der Waals surface area contributed by atoms with E-state index < -0.39 is 118 Å². The topological polar surface area (TPSA) is 210 Å². The average molecular weight is 848 g/mol. The van der Waals surface area contributed by atoms with Crippen molar-refractivity contribution >= 4 is 35.6 Å². The van der Waals surface area contributed by atoms with E-state index in [-0.39, 0.29) is 29.7 Å². The summed E-state index contributed by atoms with van der Waals surface area (Å²) in [5.41, 5.74) is -7.78. The van der Waals surface area contributed by atoms with Crippen molar-refractivity contribution in [2.75, 3.05) is 6.61 Å². The summed E-state index contributed by atoms with van der Waals surface area (Å²) in [7, 11) is 0. The number of ether oxygens (including phenoxy) is 6. The normalized spacial score (nSPS) is 32.6. The lowest BCUT2D eigenvalue weighted by molar-refractivity contribution is -0.346. The zero-order valence-corrected chi connectivity index (χ0v) is 36.3. The molecule has 3 N–H and O–H groups in total. The second-order valence-electron chi connectivity index (χ2n) is 18.4. The standard InChI is InChI=1S/C46H57NO14/c1-24-30(58-41(54)36(61-42(5,6)7)34(47-25(2)48)28-17-13-11-14-18-28)22-46(55)39(59-40(53)29-19-15-12-16-20-29)37-44(10,31(51)21-32-45(37,23-56-32)60-27(4)50)38(52)35(57-26(3)49)33(24)43(46,8)9/h11-20,30-32,34-37,39,51,55H,21-23H2,1-10H3,(H,47,48)/t30-,31-,32+,34-,35+,36+,37?,39-,44+,45-,46+/m0/s1. The summed E-state index contributed by atoms with van der Waals surface area (Å²) in [4.78, 5) is 83.3. The van der Waals surface area contributed by atoms with Gasteiger partial charge in [0.05, 0.1) is 41.3 Å². The minimum atomic E-state index is -2.34. The summed E-state index contributed by atoms with van der Waals surface area (Å²) >= 11 is 0. The Bertz CT molecular complexity index is 2090. The maximum absolute atomic E-state index is 15.5. The van der Waals surface area contributed by atoms with E-state index in [1.165, 1.54) is 32.9 Å². The van der Waals surface area contributed by atoms with Crippen LogP contribution in [-0.4, -0.2) is 106 Å². The number of amides is 1. The van der Waals surface area contributed by atoms with Gasteiger partial charge in [0.2, 0.25) is 5.91 Å². The Morgan fingerprint density at radius 2 is 1.49 bits per heavy atom.